The average Bonchev–Trinajstić information content (AvgIpc) is 4.04. The number of carbonyl (C=O) groups excluding carboxylic acids is 4. The van der Waals surface area contributed by atoms with E-state index in [4.69, 9.17) is 23.6 Å². The molecule has 5 aliphatic rings. The topological polar surface area (TPSA) is 195 Å². The van der Waals surface area contributed by atoms with Gasteiger partial charge in [-0.25, -0.2) is 18.2 Å². The second-order valence-corrected chi connectivity index (χ2v) is 19.1. The van der Waals surface area contributed by atoms with Gasteiger partial charge in [-0.15, -0.1) is 0 Å². The van der Waals surface area contributed by atoms with Crippen molar-refractivity contribution in [1.29, 1.82) is 0 Å². The van der Waals surface area contributed by atoms with Crippen LogP contribution in [0, 0.1) is 12.8 Å². The highest BCUT2D eigenvalue weighted by molar-refractivity contribution is 7.91. The first-order chi connectivity index (χ1) is 28.9. The van der Waals surface area contributed by atoms with Crippen molar-refractivity contribution in [2.45, 2.75) is 125 Å². The Morgan fingerprint density at radius 2 is 1.77 bits per heavy atom. The second-order valence-electron chi connectivity index (χ2n) is 17.1. The van der Waals surface area contributed by atoms with E-state index in [2.05, 4.69) is 15.4 Å². The van der Waals surface area contributed by atoms with Crippen LogP contribution in [0.4, 0.5) is 4.79 Å². The molecule has 0 unspecified atom stereocenters. The van der Waals surface area contributed by atoms with E-state index in [0.717, 1.165) is 49.5 Å². The lowest BCUT2D eigenvalue weighted by atomic mass is 10.0. The summed E-state index contributed by atoms with van der Waals surface area (Å²) in [5, 5.41) is 6.56. The number of sulfonamides is 1. The number of furan rings is 1. The molecule has 0 bridgehead atoms. The highest BCUT2D eigenvalue weighted by atomic mass is 32.2. The van der Waals surface area contributed by atoms with E-state index < -0.39 is 68.7 Å². The number of aromatic nitrogens is 1. The zero-order chi connectivity index (χ0) is 41.8. The van der Waals surface area contributed by atoms with Gasteiger partial charge in [0.25, 0.3) is 5.91 Å². The van der Waals surface area contributed by atoms with Gasteiger partial charge in [0, 0.05) is 29.2 Å². The number of nitrogens with one attached hydrogen (secondary N) is 3. The number of carbonyl (C=O) groups is 4. The molecule has 4 aromatic rings. The zero-order valence-corrected chi connectivity index (χ0v) is 34.7. The van der Waals surface area contributed by atoms with Crippen LogP contribution in [0.3, 0.4) is 0 Å². The third kappa shape index (κ3) is 7.85. The van der Waals surface area contributed by atoms with Crippen molar-refractivity contribution >= 4 is 66.8 Å². The summed E-state index contributed by atoms with van der Waals surface area (Å²) < 4.78 is 52.7. The summed E-state index contributed by atoms with van der Waals surface area (Å²) >= 11 is 0. The third-order valence-electron chi connectivity index (χ3n) is 12.7. The van der Waals surface area contributed by atoms with E-state index in [1.807, 2.05) is 43.3 Å². The molecular weight excluding hydrogens is 791 g/mol. The molecule has 5 atom stereocenters. The molecule has 0 spiro atoms. The van der Waals surface area contributed by atoms with Crippen molar-refractivity contribution < 1.29 is 46.2 Å². The number of ether oxygens (including phenoxy) is 3. The van der Waals surface area contributed by atoms with Crippen LogP contribution in [0.5, 0.6) is 11.5 Å². The number of pyridine rings is 1. The van der Waals surface area contributed by atoms with Crippen molar-refractivity contribution in [3.63, 3.8) is 0 Å². The minimum atomic E-state index is -3.91. The molecule has 2 aliphatic heterocycles. The second kappa shape index (κ2) is 15.9. The molecular formula is C44H51N5O10S. The molecule has 0 radical (unpaired) electrons. The molecule has 1 saturated heterocycles. The van der Waals surface area contributed by atoms with Crippen LogP contribution in [-0.4, -0.2) is 90.9 Å². The molecule has 4 amide bonds. The van der Waals surface area contributed by atoms with Gasteiger partial charge in [-0.1, -0.05) is 36.6 Å². The predicted molar refractivity (Wildman–Crippen MR) is 222 cm³/mol. The van der Waals surface area contributed by atoms with Crippen molar-refractivity contribution in [2.75, 3.05) is 13.7 Å². The molecule has 318 valence electrons. The number of hydrogen-bond donors (Lipinski definition) is 3. The van der Waals surface area contributed by atoms with Crippen molar-refractivity contribution in [3.05, 3.63) is 54.1 Å². The first-order valence-corrected chi connectivity index (χ1v) is 22.8. The van der Waals surface area contributed by atoms with Crippen LogP contribution < -0.4 is 24.8 Å². The van der Waals surface area contributed by atoms with Crippen LogP contribution in [0.2, 0.25) is 0 Å². The van der Waals surface area contributed by atoms with Crippen molar-refractivity contribution in [1.82, 2.24) is 25.2 Å². The molecule has 9 rings (SSSR count). The fraction of sp³-hybridized carbons (Fsp3) is 0.523. The maximum atomic E-state index is 14.8. The Morgan fingerprint density at radius 3 is 2.55 bits per heavy atom. The Hall–Kier alpha value is -5.38. The number of rotatable bonds is 8. The van der Waals surface area contributed by atoms with Crippen LogP contribution >= 0.6 is 0 Å². The lowest BCUT2D eigenvalue weighted by Gasteiger charge is -2.30. The van der Waals surface area contributed by atoms with Gasteiger partial charge in [0.2, 0.25) is 21.8 Å². The molecule has 2 aromatic heterocycles. The number of benzene rings is 2. The lowest BCUT2D eigenvalue weighted by molar-refractivity contribution is -0.141. The monoisotopic (exact) mass is 841 g/mol. The van der Waals surface area contributed by atoms with E-state index in [1.54, 1.807) is 19.2 Å². The Balaban J connectivity index is 1.07. The minimum Gasteiger partial charge on any atom is -0.497 e. The van der Waals surface area contributed by atoms with Crippen molar-refractivity contribution in [2.24, 2.45) is 5.92 Å². The molecule has 4 heterocycles. The Bertz CT molecular complexity index is 2510. The van der Waals surface area contributed by atoms with Crippen LogP contribution in [0.25, 0.3) is 33.0 Å². The maximum absolute atomic E-state index is 14.8. The zero-order valence-electron chi connectivity index (χ0n) is 33.9. The van der Waals surface area contributed by atoms with Gasteiger partial charge in [-0.3, -0.25) is 19.1 Å². The summed E-state index contributed by atoms with van der Waals surface area (Å²) in [6, 6.07) is 9.11. The Morgan fingerprint density at radius 1 is 0.967 bits per heavy atom. The Kier molecular flexibility index (Phi) is 10.6. The molecule has 60 heavy (non-hydrogen) atoms. The largest absolute Gasteiger partial charge is 0.497 e. The normalized spacial score (nSPS) is 27.1. The van der Waals surface area contributed by atoms with E-state index in [1.165, 1.54) is 4.90 Å². The van der Waals surface area contributed by atoms with Crippen LogP contribution in [-0.2, 0) is 29.1 Å². The first-order valence-electron chi connectivity index (χ1n) is 21.2. The van der Waals surface area contributed by atoms with Gasteiger partial charge in [0.15, 0.2) is 11.3 Å². The molecule has 16 heteroatoms. The number of fused-ring (bicyclic) bond motifs is 6. The van der Waals surface area contributed by atoms with Gasteiger partial charge < -0.3 is 34.2 Å². The number of nitrogens with zero attached hydrogens (tertiary/aromatic N) is 2. The number of methoxy groups -OCH3 is 1. The standard InChI is InChI=1S/C44H51N5O10S/c1-25-14-19-36-32(20-25)37-39(59-36)38(31-18-15-28(56-2)21-34(31)45-37)57-29-22-35-40(50)47-44(42(52)48-60(54,55)30-16-17-30)23-26(44)10-6-4-3-5-7-13-33(41(51)49(35)24-29)46-43(53)58-27-11-8-9-12-27/h6,10,14-15,18-21,26-27,29-30,33,35H,3-5,7-9,11-13,16-17,22-24H2,1-2H3,(H,46,53)(H,47,50)(H,48,52)/b10-6-/t26-,29+,33-,35+,44-/m1/s1. The fourth-order valence-corrected chi connectivity index (χ4v) is 10.5. The molecule has 3 N–H and O–H groups in total. The number of amides is 4. The summed E-state index contributed by atoms with van der Waals surface area (Å²) in [6.07, 6.45) is 10.0. The molecule has 2 aromatic carbocycles. The number of hydrogen-bond acceptors (Lipinski definition) is 11. The summed E-state index contributed by atoms with van der Waals surface area (Å²) in [7, 11) is -2.34. The fourth-order valence-electron chi connectivity index (χ4n) is 9.09. The molecule has 3 saturated carbocycles. The van der Waals surface area contributed by atoms with Gasteiger partial charge in [0.05, 0.1) is 24.4 Å². The summed E-state index contributed by atoms with van der Waals surface area (Å²) in [5.41, 5.74) is 1.69. The Labute approximate surface area is 348 Å². The average molecular weight is 842 g/mol. The van der Waals surface area contributed by atoms with E-state index in [9.17, 15) is 27.6 Å². The number of alkyl carbamates (subject to hydrolysis) is 1. The smallest absolute Gasteiger partial charge is 0.408 e. The van der Waals surface area contributed by atoms with E-state index in [-0.39, 0.29) is 25.5 Å². The molecule has 3 aliphatic carbocycles. The number of allylic oxidation sites excluding steroid dienone is 1. The maximum Gasteiger partial charge on any atom is 0.408 e. The molecule has 15 nitrogen and oxygen atoms in total. The van der Waals surface area contributed by atoms with Gasteiger partial charge in [-0.05, 0) is 95.4 Å². The van der Waals surface area contributed by atoms with Gasteiger partial charge in [0.1, 0.15) is 46.7 Å². The van der Waals surface area contributed by atoms with E-state index >= 15 is 0 Å². The van der Waals surface area contributed by atoms with Crippen molar-refractivity contribution in [3.8, 4) is 11.5 Å². The predicted octanol–water partition coefficient (Wildman–Crippen LogP) is 5.84. The number of aryl methyl sites for hydroxylation is 1. The third-order valence-corrected chi connectivity index (χ3v) is 14.5. The highest BCUT2D eigenvalue weighted by Crippen LogP contribution is 2.47. The summed E-state index contributed by atoms with van der Waals surface area (Å²) in [4.78, 5) is 63.0. The van der Waals surface area contributed by atoms with Gasteiger partial charge in [-0.2, -0.15) is 0 Å². The highest BCUT2D eigenvalue weighted by Gasteiger charge is 2.62. The first kappa shape index (κ1) is 40.0. The SMILES string of the molecule is COc1ccc2c(O[C@H]3C[C@H]4C(=O)N[C@]5(C(=O)NS(=O)(=O)C6CC6)C[C@H]5/C=C\CCCCC[C@@H](NC(=O)OC5CCCC5)C(=O)N4C3)c3oc4ccc(C)cc4c3nc2c1. The quantitative estimate of drug-likeness (QED) is 0.180. The van der Waals surface area contributed by atoms with Crippen LogP contribution in [0.1, 0.15) is 89.0 Å². The van der Waals surface area contributed by atoms with E-state index in [0.29, 0.717) is 71.2 Å². The summed E-state index contributed by atoms with van der Waals surface area (Å²) in [6.45, 7) is 1.95. The lowest BCUT2D eigenvalue weighted by Crippen LogP contribution is -2.58. The summed E-state index contributed by atoms with van der Waals surface area (Å²) in [5.74, 6) is -1.35. The minimum absolute atomic E-state index is 0.0240. The van der Waals surface area contributed by atoms with Crippen LogP contribution in [0.15, 0.2) is 53.0 Å². The van der Waals surface area contributed by atoms with Gasteiger partial charge >= 0.3 is 6.09 Å². The molecule has 4 fully saturated rings.